The maximum Gasteiger partial charge on any atom is 0.244 e. The number of aliphatic hydroxyl groups excluding tert-OH is 1. The lowest BCUT2D eigenvalue weighted by atomic mass is 9.88. The van der Waals surface area contributed by atoms with E-state index in [4.69, 9.17) is 21.1 Å². The van der Waals surface area contributed by atoms with Gasteiger partial charge in [-0.1, -0.05) is 17.7 Å². The third-order valence-corrected chi connectivity index (χ3v) is 11.3. The fraction of sp³-hybridized carbons (Fsp3) is 0.500. The van der Waals surface area contributed by atoms with E-state index < -0.39 is 31.8 Å². The number of sulfonamides is 2. The van der Waals surface area contributed by atoms with Crippen LogP contribution >= 0.6 is 11.6 Å². The number of aromatic nitrogens is 2. The maximum absolute atomic E-state index is 13.4. The van der Waals surface area contributed by atoms with Crippen molar-refractivity contribution in [1.82, 2.24) is 23.9 Å². The van der Waals surface area contributed by atoms with Crippen LogP contribution in [0, 0.1) is 0 Å². The van der Waals surface area contributed by atoms with E-state index >= 15 is 0 Å². The van der Waals surface area contributed by atoms with Crippen LogP contribution in [0.1, 0.15) is 19.3 Å². The molecule has 12 nitrogen and oxygen atoms in total. The van der Waals surface area contributed by atoms with Crippen molar-refractivity contribution in [3.63, 3.8) is 0 Å². The van der Waals surface area contributed by atoms with Crippen LogP contribution in [0.2, 0.25) is 5.02 Å². The van der Waals surface area contributed by atoms with Crippen molar-refractivity contribution in [2.45, 2.75) is 46.8 Å². The lowest BCUT2D eigenvalue weighted by molar-refractivity contribution is -0.0312. The number of nitrogens with zero attached hydrogens (tertiary/aromatic N) is 3. The van der Waals surface area contributed by atoms with Crippen LogP contribution in [-0.4, -0.2) is 93.4 Å². The number of piperidine rings is 1. The van der Waals surface area contributed by atoms with Crippen molar-refractivity contribution < 1.29 is 31.4 Å². The number of ether oxygens (including phenoxy) is 2. The summed E-state index contributed by atoms with van der Waals surface area (Å²) in [6.07, 6.45) is 4.06. The summed E-state index contributed by atoms with van der Waals surface area (Å²) in [7, 11) is -4.19. The van der Waals surface area contributed by atoms with Crippen LogP contribution < -0.4 is 14.8 Å². The van der Waals surface area contributed by atoms with Gasteiger partial charge in [-0.25, -0.2) is 21.6 Å². The fourth-order valence-corrected chi connectivity index (χ4v) is 7.80. The van der Waals surface area contributed by atoms with Gasteiger partial charge in [-0.3, -0.25) is 4.98 Å². The molecule has 2 aromatic heterocycles. The van der Waals surface area contributed by atoms with Crippen molar-refractivity contribution in [1.29, 1.82) is 0 Å². The summed E-state index contributed by atoms with van der Waals surface area (Å²) < 4.78 is 67.9. The Balaban J connectivity index is 1.10. The maximum atomic E-state index is 13.4. The monoisotopic (exact) mass is 627 g/mol. The highest BCUT2D eigenvalue weighted by Gasteiger charge is 2.44. The summed E-state index contributed by atoms with van der Waals surface area (Å²) in [5.41, 5.74) is 0.799. The van der Waals surface area contributed by atoms with Gasteiger partial charge in [0.1, 0.15) is 28.9 Å². The Morgan fingerprint density at radius 2 is 1.98 bits per heavy atom. The number of nitrogens with one attached hydrogen (secondary N) is 2. The number of hydrogen-bond acceptors (Lipinski definition) is 9. The van der Waals surface area contributed by atoms with Gasteiger partial charge in [0, 0.05) is 51.2 Å². The summed E-state index contributed by atoms with van der Waals surface area (Å²) in [6, 6.07) is 7.68. The number of aryl methyl sites for hydroxylation is 1. The largest absolute Gasteiger partial charge is 0.491 e. The standard InChI is InChI=1S/C26H34ClN5O7S2/c1-28-40(34,35)21-5-3-4-20(10-21)38-17-19(33)13-29-18-12-26(39-16-18)6-8-32(9-7-26)41(36,37)22-11-24-25(30-14-22)23(27)15-31(24)2/h3-5,10-11,14-15,18-19,28-29,33H,6-9,12-13,16-17H2,1-2H3. The fourth-order valence-electron chi connectivity index (χ4n) is 5.34. The van der Waals surface area contributed by atoms with Crippen molar-refractivity contribution in [3.05, 3.63) is 47.7 Å². The lowest BCUT2D eigenvalue weighted by Gasteiger charge is -2.38. The third-order valence-electron chi connectivity index (χ3n) is 7.71. The smallest absolute Gasteiger partial charge is 0.244 e. The van der Waals surface area contributed by atoms with Crippen LogP contribution in [0.15, 0.2) is 52.5 Å². The van der Waals surface area contributed by atoms with E-state index in [-0.39, 0.29) is 29.0 Å². The molecule has 0 saturated carbocycles. The molecule has 2 aliphatic rings. The second-order valence-electron chi connectivity index (χ2n) is 10.5. The Bertz CT molecular complexity index is 1620. The number of benzene rings is 1. The highest BCUT2D eigenvalue weighted by atomic mass is 35.5. The van der Waals surface area contributed by atoms with Gasteiger partial charge >= 0.3 is 0 Å². The summed E-state index contributed by atoms with van der Waals surface area (Å²) in [5.74, 6) is 0.341. The first-order valence-electron chi connectivity index (χ1n) is 13.2. The molecule has 2 unspecified atom stereocenters. The molecular formula is C26H34ClN5O7S2. The Labute approximate surface area is 244 Å². The van der Waals surface area contributed by atoms with E-state index in [9.17, 15) is 21.9 Å². The van der Waals surface area contributed by atoms with Crippen molar-refractivity contribution in [2.75, 3.05) is 39.9 Å². The molecule has 41 heavy (non-hydrogen) atoms. The average Bonchev–Trinajstić information content (AvgIpc) is 3.49. The molecule has 0 amide bonds. The SMILES string of the molecule is CNS(=O)(=O)c1cccc(OCC(O)CNC2COC3(CCN(S(=O)(=O)c4cnc5c(Cl)cn(C)c5c4)CC3)C2)c1. The molecule has 0 radical (unpaired) electrons. The average molecular weight is 628 g/mol. The lowest BCUT2D eigenvalue weighted by Crippen LogP contribution is -2.47. The van der Waals surface area contributed by atoms with Gasteiger partial charge in [-0.05, 0) is 44.5 Å². The molecule has 2 saturated heterocycles. The molecule has 3 aromatic rings. The molecule has 0 aliphatic carbocycles. The van der Waals surface area contributed by atoms with Gasteiger partial charge in [-0.2, -0.15) is 4.31 Å². The molecule has 15 heteroatoms. The second kappa shape index (κ2) is 11.8. The second-order valence-corrected chi connectivity index (χ2v) is 14.7. The van der Waals surface area contributed by atoms with Crippen LogP contribution in [0.4, 0.5) is 0 Å². The summed E-state index contributed by atoms with van der Waals surface area (Å²) in [4.78, 5) is 4.49. The Kier molecular flexibility index (Phi) is 8.66. The number of hydrogen-bond donors (Lipinski definition) is 3. The predicted molar refractivity (Wildman–Crippen MR) is 153 cm³/mol. The van der Waals surface area contributed by atoms with Gasteiger partial charge in [0.05, 0.1) is 27.6 Å². The molecule has 5 rings (SSSR count). The van der Waals surface area contributed by atoms with E-state index in [1.807, 2.05) is 0 Å². The minimum atomic E-state index is -3.72. The van der Waals surface area contributed by atoms with E-state index in [0.717, 1.165) is 0 Å². The predicted octanol–water partition coefficient (Wildman–Crippen LogP) is 1.48. The summed E-state index contributed by atoms with van der Waals surface area (Å²) >= 11 is 6.18. The zero-order valence-electron chi connectivity index (χ0n) is 22.8. The van der Waals surface area contributed by atoms with Crippen molar-refractivity contribution in [2.24, 2.45) is 7.05 Å². The first kappa shape index (κ1) is 30.2. The molecule has 1 aromatic carbocycles. The van der Waals surface area contributed by atoms with Gasteiger partial charge < -0.3 is 24.5 Å². The van der Waals surface area contributed by atoms with E-state index in [1.165, 1.54) is 29.7 Å². The first-order valence-corrected chi connectivity index (χ1v) is 16.6. The first-order chi connectivity index (χ1) is 19.4. The molecule has 2 aliphatic heterocycles. The van der Waals surface area contributed by atoms with Crippen molar-refractivity contribution >= 4 is 42.7 Å². The Hall–Kier alpha value is -2.30. The summed E-state index contributed by atoms with van der Waals surface area (Å²) in [6.45, 7) is 1.37. The zero-order valence-corrected chi connectivity index (χ0v) is 25.2. The molecule has 2 atom stereocenters. The third kappa shape index (κ3) is 6.39. The quantitative estimate of drug-likeness (QED) is 0.303. The molecule has 3 N–H and O–H groups in total. The van der Waals surface area contributed by atoms with Gasteiger partial charge in [0.25, 0.3) is 0 Å². The van der Waals surface area contributed by atoms with Crippen LogP contribution in [-0.2, 0) is 31.8 Å². The number of fused-ring (bicyclic) bond motifs is 1. The molecule has 0 bridgehead atoms. The highest BCUT2D eigenvalue weighted by Crippen LogP contribution is 2.37. The van der Waals surface area contributed by atoms with E-state index in [0.29, 0.717) is 60.8 Å². The number of halogens is 1. The van der Waals surface area contributed by atoms with E-state index in [2.05, 4.69) is 15.0 Å². The van der Waals surface area contributed by atoms with Gasteiger partial charge in [0.2, 0.25) is 20.0 Å². The normalized spacial score (nSPS) is 20.5. The topological polar surface area (TPSA) is 152 Å². The molecule has 1 spiro atoms. The molecular weight excluding hydrogens is 594 g/mol. The van der Waals surface area contributed by atoms with Gasteiger partial charge in [-0.15, -0.1) is 0 Å². The minimum Gasteiger partial charge on any atom is -0.491 e. The molecule has 2 fully saturated rings. The zero-order chi connectivity index (χ0) is 29.4. The van der Waals surface area contributed by atoms with E-state index in [1.54, 1.807) is 36.0 Å². The number of pyridine rings is 1. The summed E-state index contributed by atoms with van der Waals surface area (Å²) in [5, 5.41) is 14.2. The van der Waals surface area contributed by atoms with Crippen molar-refractivity contribution in [3.8, 4) is 5.75 Å². The van der Waals surface area contributed by atoms with Gasteiger partial charge in [0.15, 0.2) is 0 Å². The number of rotatable bonds is 10. The Morgan fingerprint density at radius 1 is 1.22 bits per heavy atom. The minimum absolute atomic E-state index is 0.00519. The van der Waals surface area contributed by atoms with Crippen LogP contribution in [0.5, 0.6) is 5.75 Å². The number of aliphatic hydroxyl groups is 1. The molecule has 224 valence electrons. The highest BCUT2D eigenvalue weighted by molar-refractivity contribution is 7.89. The van der Waals surface area contributed by atoms with Crippen LogP contribution in [0.25, 0.3) is 11.0 Å². The molecule has 4 heterocycles. The Morgan fingerprint density at radius 3 is 2.71 bits per heavy atom. The van der Waals surface area contributed by atoms with Crippen LogP contribution in [0.3, 0.4) is 0 Å².